The predicted octanol–water partition coefficient (Wildman–Crippen LogP) is 3.29. The van der Waals surface area contributed by atoms with Gasteiger partial charge in [-0.2, -0.15) is 0 Å². The van der Waals surface area contributed by atoms with Crippen LogP contribution in [-0.4, -0.2) is 50.3 Å². The van der Waals surface area contributed by atoms with Gasteiger partial charge < -0.3 is 29.6 Å². The third-order valence-corrected chi connectivity index (χ3v) is 7.11. The van der Waals surface area contributed by atoms with E-state index in [1.54, 1.807) is 43.8 Å². The van der Waals surface area contributed by atoms with Gasteiger partial charge in [0.2, 0.25) is 0 Å². The van der Waals surface area contributed by atoms with Crippen molar-refractivity contribution in [2.24, 2.45) is 0 Å². The van der Waals surface area contributed by atoms with Gasteiger partial charge in [-0.1, -0.05) is 0 Å². The van der Waals surface area contributed by atoms with Crippen LogP contribution in [-0.2, 0) is 0 Å². The molecule has 37 heavy (non-hydrogen) atoms. The van der Waals surface area contributed by atoms with Crippen LogP contribution in [0.3, 0.4) is 0 Å². The number of rotatable bonds is 10. The molecule has 0 aliphatic rings. The minimum atomic E-state index is -0.327. The van der Waals surface area contributed by atoms with Gasteiger partial charge in [-0.15, -0.1) is 18.5 Å². The number of carbonyl (C=O) groups excluding carboxylic acids is 1. The highest BCUT2D eigenvalue weighted by molar-refractivity contribution is 7.36. The van der Waals surface area contributed by atoms with Gasteiger partial charge in [-0.25, -0.2) is 0 Å². The van der Waals surface area contributed by atoms with Crippen LogP contribution in [0.2, 0.25) is 0 Å². The van der Waals surface area contributed by atoms with Crippen molar-refractivity contribution < 1.29 is 23.7 Å². The molecule has 4 aromatic rings. The summed E-state index contributed by atoms with van der Waals surface area (Å²) in [6.07, 6.45) is 4.72. The molecule has 0 radical (unpaired) electrons. The highest BCUT2D eigenvalue weighted by atomic mass is 31.0. The number of hydrogen-bond donors (Lipinski definition) is 2. The third-order valence-electron chi connectivity index (χ3n) is 5.56. The average molecular weight is 538 g/mol. The van der Waals surface area contributed by atoms with E-state index in [0.29, 0.717) is 58.7 Å². The molecule has 2 unspecified atom stereocenters. The van der Waals surface area contributed by atoms with E-state index in [2.05, 4.69) is 39.1 Å². The number of anilines is 1. The molecule has 2 aromatic heterocycles. The van der Waals surface area contributed by atoms with E-state index >= 15 is 0 Å². The standard InChI is InChI=1S/C26H28N4O5P2/c1-27-10-11-34-23-13-18-15(12-22(23)33-3)20(7-9-29-18)35-21-5-4-17(24(36)25(21)37)30-26(31)16-14-28-8-6-19(16)32-2/h4-9,12-14,27H,10-11,36-37H2,1-3H3,(H,30,31). The number of benzene rings is 2. The SMILES string of the molecule is CNCCOc1cc2nccc(Oc3ccc(NC(=O)c4cnccc4OC)c(P)c3P)c2cc1OC. The minimum absolute atomic E-state index is 0.327. The monoisotopic (exact) mass is 538 g/mol. The molecule has 11 heteroatoms. The number of amides is 1. The Labute approximate surface area is 219 Å². The zero-order chi connectivity index (χ0) is 26.4. The van der Waals surface area contributed by atoms with Gasteiger partial charge >= 0.3 is 0 Å². The van der Waals surface area contributed by atoms with E-state index in [-0.39, 0.29) is 5.91 Å². The number of pyridine rings is 2. The van der Waals surface area contributed by atoms with Gasteiger partial charge in [0.1, 0.15) is 23.9 Å². The summed E-state index contributed by atoms with van der Waals surface area (Å²) in [5, 5.41) is 8.26. The molecule has 0 saturated carbocycles. The lowest BCUT2D eigenvalue weighted by Crippen LogP contribution is -2.22. The quantitative estimate of drug-likeness (QED) is 0.234. The maximum atomic E-state index is 12.8. The summed E-state index contributed by atoms with van der Waals surface area (Å²) in [6.45, 7) is 1.21. The molecule has 0 aliphatic heterocycles. The minimum Gasteiger partial charge on any atom is -0.496 e. The summed E-state index contributed by atoms with van der Waals surface area (Å²) >= 11 is 0. The second-order valence-electron chi connectivity index (χ2n) is 7.85. The van der Waals surface area contributed by atoms with Gasteiger partial charge in [-0.3, -0.25) is 14.8 Å². The van der Waals surface area contributed by atoms with Crippen LogP contribution in [0.4, 0.5) is 5.69 Å². The van der Waals surface area contributed by atoms with Crippen molar-refractivity contribution >= 4 is 51.6 Å². The number of aromatic nitrogens is 2. The first-order valence-electron chi connectivity index (χ1n) is 11.4. The molecule has 1 amide bonds. The maximum absolute atomic E-state index is 12.8. The molecule has 0 spiro atoms. The van der Waals surface area contributed by atoms with E-state index in [0.717, 1.165) is 16.0 Å². The molecule has 192 valence electrons. The summed E-state index contributed by atoms with van der Waals surface area (Å²) in [7, 11) is 10.3. The van der Waals surface area contributed by atoms with Crippen LogP contribution < -0.4 is 40.2 Å². The topological polar surface area (TPSA) is 104 Å². The highest BCUT2D eigenvalue weighted by Crippen LogP contribution is 2.37. The summed E-state index contributed by atoms with van der Waals surface area (Å²) in [5.41, 5.74) is 1.66. The Bertz CT molecular complexity index is 1430. The molecule has 2 aromatic carbocycles. The highest BCUT2D eigenvalue weighted by Gasteiger charge is 2.17. The maximum Gasteiger partial charge on any atom is 0.261 e. The van der Waals surface area contributed by atoms with Crippen LogP contribution >= 0.6 is 18.5 Å². The first kappa shape index (κ1) is 26.6. The first-order chi connectivity index (χ1) is 18.0. The van der Waals surface area contributed by atoms with Crippen molar-refractivity contribution in [1.29, 1.82) is 0 Å². The normalized spacial score (nSPS) is 10.7. The third kappa shape index (κ3) is 5.91. The number of methoxy groups -OCH3 is 2. The van der Waals surface area contributed by atoms with Crippen molar-refractivity contribution in [3.63, 3.8) is 0 Å². The summed E-state index contributed by atoms with van der Waals surface area (Å²) in [4.78, 5) is 21.3. The second-order valence-corrected chi connectivity index (χ2v) is 9.01. The van der Waals surface area contributed by atoms with Crippen LogP contribution in [0.5, 0.6) is 28.7 Å². The first-order valence-corrected chi connectivity index (χ1v) is 12.5. The molecule has 0 saturated heterocycles. The van der Waals surface area contributed by atoms with E-state index in [9.17, 15) is 4.79 Å². The number of nitrogens with zero attached hydrogens (tertiary/aromatic N) is 2. The van der Waals surface area contributed by atoms with Gasteiger partial charge in [0, 0.05) is 52.9 Å². The van der Waals surface area contributed by atoms with Gasteiger partial charge in [-0.05, 0) is 37.4 Å². The molecular formula is C26H28N4O5P2. The largest absolute Gasteiger partial charge is 0.496 e. The summed E-state index contributed by atoms with van der Waals surface area (Å²) < 4.78 is 23.0. The van der Waals surface area contributed by atoms with Crippen molar-refractivity contribution in [2.45, 2.75) is 0 Å². The summed E-state index contributed by atoms with van der Waals surface area (Å²) in [5.74, 6) is 2.52. The summed E-state index contributed by atoms with van der Waals surface area (Å²) in [6, 6.07) is 10.7. The molecule has 0 bridgehead atoms. The number of hydrogen-bond acceptors (Lipinski definition) is 8. The van der Waals surface area contributed by atoms with E-state index < -0.39 is 0 Å². The molecule has 2 atom stereocenters. The van der Waals surface area contributed by atoms with Gasteiger partial charge in [0.05, 0.1) is 25.3 Å². The van der Waals surface area contributed by atoms with Crippen molar-refractivity contribution in [2.75, 3.05) is 39.7 Å². The zero-order valence-electron chi connectivity index (χ0n) is 20.7. The molecule has 0 aliphatic carbocycles. The van der Waals surface area contributed by atoms with Crippen molar-refractivity contribution in [3.8, 4) is 28.7 Å². The Morgan fingerprint density at radius 3 is 2.46 bits per heavy atom. The molecule has 2 heterocycles. The molecule has 4 rings (SSSR count). The Hall–Kier alpha value is -3.51. The molecular weight excluding hydrogens is 510 g/mol. The van der Waals surface area contributed by atoms with Crippen LogP contribution in [0, 0.1) is 0 Å². The fraction of sp³-hybridized carbons (Fsp3) is 0.192. The smallest absolute Gasteiger partial charge is 0.261 e. The van der Waals surface area contributed by atoms with Crippen molar-refractivity contribution in [3.05, 3.63) is 60.6 Å². The number of carbonyl (C=O) groups is 1. The van der Waals surface area contributed by atoms with E-state index in [1.165, 1.54) is 13.3 Å². The van der Waals surface area contributed by atoms with Crippen LogP contribution in [0.1, 0.15) is 10.4 Å². The van der Waals surface area contributed by atoms with Crippen LogP contribution in [0.25, 0.3) is 10.9 Å². The molecule has 0 fully saturated rings. The fourth-order valence-electron chi connectivity index (χ4n) is 3.61. The van der Waals surface area contributed by atoms with Crippen LogP contribution in [0.15, 0.2) is 55.0 Å². The second kappa shape index (κ2) is 12.2. The Morgan fingerprint density at radius 1 is 0.919 bits per heavy atom. The average Bonchev–Trinajstić information content (AvgIpc) is 2.92. The number of ether oxygens (including phenoxy) is 4. The van der Waals surface area contributed by atoms with Crippen molar-refractivity contribution in [1.82, 2.24) is 15.3 Å². The Balaban J connectivity index is 1.61. The fourth-order valence-corrected chi connectivity index (χ4v) is 4.23. The number of likely N-dealkylation sites (N-methyl/N-ethyl adjacent to an activating group) is 1. The Morgan fingerprint density at radius 2 is 1.70 bits per heavy atom. The Kier molecular flexibility index (Phi) is 8.72. The van der Waals surface area contributed by atoms with Gasteiger partial charge in [0.15, 0.2) is 11.5 Å². The zero-order valence-corrected chi connectivity index (χ0v) is 23.0. The lowest BCUT2D eigenvalue weighted by atomic mass is 10.1. The lowest BCUT2D eigenvalue weighted by molar-refractivity contribution is 0.102. The molecule has 9 nitrogen and oxygen atoms in total. The van der Waals surface area contributed by atoms with Gasteiger partial charge in [0.25, 0.3) is 5.91 Å². The number of fused-ring (bicyclic) bond motifs is 1. The lowest BCUT2D eigenvalue weighted by Gasteiger charge is -2.17. The number of nitrogens with one attached hydrogen (secondary N) is 2. The molecule has 2 N–H and O–H groups in total. The van der Waals surface area contributed by atoms with E-state index in [4.69, 9.17) is 18.9 Å². The predicted molar refractivity (Wildman–Crippen MR) is 152 cm³/mol. The van der Waals surface area contributed by atoms with E-state index in [1.807, 2.05) is 19.2 Å².